The standard InChI is InChI=1S/C18H29N3O2.2ClH/c1-11(2)13(4)21-16-7-5-6-15(12(16)3)18(23)20-9-14-8-19-10-17(14)22;;/h5-7,11,13-14,17,19,21-22H,8-10H2,1-4H3,(H,20,23);2*1H. The van der Waals surface area contributed by atoms with E-state index in [9.17, 15) is 9.90 Å². The van der Waals surface area contributed by atoms with E-state index in [0.29, 0.717) is 30.6 Å². The van der Waals surface area contributed by atoms with Gasteiger partial charge < -0.3 is 21.1 Å². The van der Waals surface area contributed by atoms with Crippen molar-refractivity contribution in [3.8, 4) is 0 Å². The normalized spacial score (nSPS) is 20.4. The first-order valence-corrected chi connectivity index (χ1v) is 8.43. The molecule has 4 N–H and O–H groups in total. The number of hydrogen-bond acceptors (Lipinski definition) is 4. The largest absolute Gasteiger partial charge is 0.391 e. The Labute approximate surface area is 163 Å². The highest BCUT2D eigenvalue weighted by atomic mass is 35.5. The van der Waals surface area contributed by atoms with E-state index in [1.165, 1.54) is 0 Å². The van der Waals surface area contributed by atoms with Gasteiger partial charge in [-0.15, -0.1) is 24.8 Å². The first kappa shape index (κ1) is 24.0. The molecule has 1 heterocycles. The second-order valence-corrected chi connectivity index (χ2v) is 6.85. The predicted octanol–water partition coefficient (Wildman–Crippen LogP) is 2.61. The molecule has 0 aliphatic carbocycles. The lowest BCUT2D eigenvalue weighted by Crippen LogP contribution is -2.34. The molecule has 0 saturated carbocycles. The van der Waals surface area contributed by atoms with Gasteiger partial charge in [0.15, 0.2) is 0 Å². The van der Waals surface area contributed by atoms with Crippen molar-refractivity contribution < 1.29 is 9.90 Å². The first-order chi connectivity index (χ1) is 10.9. The van der Waals surface area contributed by atoms with Crippen LogP contribution in [0.5, 0.6) is 0 Å². The maximum absolute atomic E-state index is 12.5. The lowest BCUT2D eigenvalue weighted by atomic mass is 10.0. The summed E-state index contributed by atoms with van der Waals surface area (Å²) in [6.07, 6.45) is -0.378. The quantitative estimate of drug-likeness (QED) is 0.601. The van der Waals surface area contributed by atoms with Crippen molar-refractivity contribution in [3.05, 3.63) is 29.3 Å². The summed E-state index contributed by atoms with van der Waals surface area (Å²) < 4.78 is 0. The molecule has 144 valence electrons. The molecule has 0 radical (unpaired) electrons. The number of benzene rings is 1. The Balaban J connectivity index is 0.00000288. The summed E-state index contributed by atoms with van der Waals surface area (Å²) in [6, 6.07) is 6.10. The Bertz CT molecular complexity index is 555. The smallest absolute Gasteiger partial charge is 0.251 e. The molecule has 2 rings (SSSR count). The minimum Gasteiger partial charge on any atom is -0.391 e. The summed E-state index contributed by atoms with van der Waals surface area (Å²) >= 11 is 0. The number of anilines is 1. The minimum atomic E-state index is -0.378. The third kappa shape index (κ3) is 6.33. The van der Waals surface area contributed by atoms with Crippen molar-refractivity contribution in [2.24, 2.45) is 11.8 Å². The van der Waals surface area contributed by atoms with E-state index in [0.717, 1.165) is 17.8 Å². The fourth-order valence-electron chi connectivity index (χ4n) is 2.70. The molecular weight excluding hydrogens is 361 g/mol. The number of carbonyl (C=O) groups is 1. The number of hydrogen-bond donors (Lipinski definition) is 4. The van der Waals surface area contributed by atoms with Crippen molar-refractivity contribution in [2.45, 2.75) is 39.8 Å². The van der Waals surface area contributed by atoms with Gasteiger partial charge in [-0.25, -0.2) is 0 Å². The highest BCUT2D eigenvalue weighted by Gasteiger charge is 2.25. The molecule has 1 aliphatic rings. The van der Waals surface area contributed by atoms with Gasteiger partial charge in [-0.3, -0.25) is 4.79 Å². The third-order valence-electron chi connectivity index (χ3n) is 4.79. The summed E-state index contributed by atoms with van der Waals surface area (Å²) in [7, 11) is 0. The van der Waals surface area contributed by atoms with E-state index in [1.807, 2.05) is 25.1 Å². The van der Waals surface area contributed by atoms with Crippen molar-refractivity contribution in [3.63, 3.8) is 0 Å². The third-order valence-corrected chi connectivity index (χ3v) is 4.79. The number of nitrogens with one attached hydrogen (secondary N) is 3. The van der Waals surface area contributed by atoms with Gasteiger partial charge in [0.25, 0.3) is 5.91 Å². The maximum atomic E-state index is 12.5. The molecule has 7 heteroatoms. The van der Waals surface area contributed by atoms with Gasteiger partial charge in [-0.1, -0.05) is 19.9 Å². The molecule has 1 fully saturated rings. The molecule has 0 bridgehead atoms. The Morgan fingerprint density at radius 2 is 1.96 bits per heavy atom. The van der Waals surface area contributed by atoms with E-state index in [-0.39, 0.29) is 42.7 Å². The van der Waals surface area contributed by atoms with Crippen LogP contribution in [0.4, 0.5) is 5.69 Å². The van der Waals surface area contributed by atoms with E-state index < -0.39 is 0 Å². The van der Waals surface area contributed by atoms with Crippen molar-refractivity contribution in [2.75, 3.05) is 25.0 Å². The number of halogens is 2. The second kappa shape index (κ2) is 10.9. The molecule has 5 nitrogen and oxygen atoms in total. The van der Waals surface area contributed by atoms with Crippen LogP contribution in [0.2, 0.25) is 0 Å². The van der Waals surface area contributed by atoms with E-state index in [1.54, 1.807) is 0 Å². The molecule has 1 aromatic carbocycles. The highest BCUT2D eigenvalue weighted by molar-refractivity contribution is 5.97. The predicted molar refractivity (Wildman–Crippen MR) is 108 cm³/mol. The topological polar surface area (TPSA) is 73.4 Å². The zero-order valence-electron chi connectivity index (χ0n) is 15.3. The van der Waals surface area contributed by atoms with Crippen LogP contribution in [-0.4, -0.2) is 42.8 Å². The molecule has 3 unspecified atom stereocenters. The molecule has 0 aromatic heterocycles. The number of aliphatic hydroxyl groups excluding tert-OH is 1. The van der Waals surface area contributed by atoms with E-state index in [4.69, 9.17) is 0 Å². The fourth-order valence-corrected chi connectivity index (χ4v) is 2.70. The molecule has 3 atom stereocenters. The van der Waals surface area contributed by atoms with Crippen molar-refractivity contribution in [1.29, 1.82) is 0 Å². The average molecular weight is 392 g/mol. The maximum Gasteiger partial charge on any atom is 0.251 e. The van der Waals surface area contributed by atoms with Crippen LogP contribution in [0.25, 0.3) is 0 Å². The molecule has 1 aromatic rings. The van der Waals surface area contributed by atoms with Crippen LogP contribution in [-0.2, 0) is 0 Å². The van der Waals surface area contributed by atoms with Crippen LogP contribution in [0.3, 0.4) is 0 Å². The van der Waals surface area contributed by atoms with E-state index in [2.05, 4.69) is 36.7 Å². The van der Waals surface area contributed by atoms with E-state index >= 15 is 0 Å². The number of aliphatic hydroxyl groups is 1. The van der Waals surface area contributed by atoms with Gasteiger partial charge in [0.1, 0.15) is 0 Å². The van der Waals surface area contributed by atoms with Crippen molar-refractivity contribution in [1.82, 2.24) is 10.6 Å². The number of β-amino-alcohol motifs (C(OH)–C–C–N with tert-alkyl or cyclic N) is 1. The molecule has 25 heavy (non-hydrogen) atoms. The zero-order chi connectivity index (χ0) is 17.0. The average Bonchev–Trinajstić information content (AvgIpc) is 2.92. The molecule has 1 amide bonds. The molecule has 1 aliphatic heterocycles. The van der Waals surface area contributed by atoms with Crippen LogP contribution in [0.15, 0.2) is 18.2 Å². The number of carbonyl (C=O) groups excluding carboxylic acids is 1. The summed E-state index contributed by atoms with van der Waals surface area (Å²) in [5.41, 5.74) is 2.65. The SMILES string of the molecule is Cc1c(NC(C)C(C)C)cccc1C(=O)NCC1CNCC1O.Cl.Cl. The zero-order valence-corrected chi connectivity index (χ0v) is 17.0. The van der Waals surface area contributed by atoms with Crippen LogP contribution < -0.4 is 16.0 Å². The molecular formula is C18H31Cl2N3O2. The Hall–Kier alpha value is -1.01. The van der Waals surface area contributed by atoms with Crippen LogP contribution in [0, 0.1) is 18.8 Å². The number of rotatable bonds is 6. The first-order valence-electron chi connectivity index (χ1n) is 8.43. The summed E-state index contributed by atoms with van der Waals surface area (Å²) in [6.45, 7) is 10.3. The van der Waals surface area contributed by atoms with Gasteiger partial charge in [0, 0.05) is 42.8 Å². The Kier molecular flexibility index (Phi) is 10.4. The molecule has 1 saturated heterocycles. The number of amides is 1. The van der Waals surface area contributed by atoms with Gasteiger partial charge in [-0.2, -0.15) is 0 Å². The van der Waals surface area contributed by atoms with Crippen LogP contribution in [0.1, 0.15) is 36.7 Å². The van der Waals surface area contributed by atoms with Gasteiger partial charge in [0.05, 0.1) is 6.10 Å². The minimum absolute atomic E-state index is 0. The monoisotopic (exact) mass is 391 g/mol. The summed E-state index contributed by atoms with van der Waals surface area (Å²) in [5.74, 6) is 0.521. The lowest BCUT2D eigenvalue weighted by Gasteiger charge is -2.21. The fraction of sp³-hybridized carbons (Fsp3) is 0.611. The van der Waals surface area contributed by atoms with Crippen LogP contribution >= 0.6 is 24.8 Å². The Morgan fingerprint density at radius 3 is 2.52 bits per heavy atom. The van der Waals surface area contributed by atoms with Crippen molar-refractivity contribution >= 4 is 36.4 Å². The summed E-state index contributed by atoms with van der Waals surface area (Å²) in [4.78, 5) is 12.5. The van der Waals surface area contributed by atoms with Gasteiger partial charge in [-0.05, 0) is 37.5 Å². The lowest BCUT2D eigenvalue weighted by molar-refractivity contribution is 0.0926. The highest BCUT2D eigenvalue weighted by Crippen LogP contribution is 2.21. The summed E-state index contributed by atoms with van der Waals surface area (Å²) in [5, 5.41) is 19.4. The van der Waals surface area contributed by atoms with Gasteiger partial charge in [0.2, 0.25) is 0 Å². The second-order valence-electron chi connectivity index (χ2n) is 6.85. The van der Waals surface area contributed by atoms with Gasteiger partial charge >= 0.3 is 0 Å². The Morgan fingerprint density at radius 1 is 1.28 bits per heavy atom. The molecule has 0 spiro atoms.